The van der Waals surface area contributed by atoms with Crippen LogP contribution >= 0.6 is 0 Å². The van der Waals surface area contributed by atoms with Crippen LogP contribution in [0.1, 0.15) is 5.56 Å². The van der Waals surface area contributed by atoms with Gasteiger partial charge >= 0.3 is 0 Å². The van der Waals surface area contributed by atoms with Gasteiger partial charge in [-0.1, -0.05) is 30.4 Å². The van der Waals surface area contributed by atoms with Crippen molar-refractivity contribution < 1.29 is 4.84 Å². The molecule has 1 aromatic carbocycles. The lowest BCUT2D eigenvalue weighted by molar-refractivity contribution is 0.172. The van der Waals surface area contributed by atoms with E-state index in [9.17, 15) is 0 Å². The molecule has 0 fully saturated rings. The van der Waals surface area contributed by atoms with Gasteiger partial charge in [-0.15, -0.1) is 0 Å². The molecule has 1 aromatic heterocycles. The highest BCUT2D eigenvalue weighted by atomic mass is 16.7. The average molecular weight is 212 g/mol. The van der Waals surface area contributed by atoms with E-state index in [4.69, 9.17) is 4.84 Å². The maximum absolute atomic E-state index is 5.29. The lowest BCUT2D eigenvalue weighted by Gasteiger charge is -2.24. The molecule has 1 aliphatic rings. The van der Waals surface area contributed by atoms with Crippen molar-refractivity contribution in [3.05, 3.63) is 42.0 Å². The van der Waals surface area contributed by atoms with Crippen LogP contribution in [-0.2, 0) is 4.84 Å². The predicted octanol–water partition coefficient (Wildman–Crippen LogP) is 2.63. The minimum Gasteiger partial charge on any atom is -0.275 e. The molecule has 16 heavy (non-hydrogen) atoms. The van der Waals surface area contributed by atoms with E-state index in [0.717, 1.165) is 28.8 Å². The van der Waals surface area contributed by atoms with E-state index in [1.165, 1.54) is 0 Å². The fourth-order valence-corrected chi connectivity index (χ4v) is 1.97. The molecular weight excluding hydrogens is 200 g/mol. The maximum Gasteiger partial charge on any atom is 0.160 e. The molecule has 2 heterocycles. The summed E-state index contributed by atoms with van der Waals surface area (Å²) < 4.78 is 0. The molecule has 80 valence electrons. The summed E-state index contributed by atoms with van der Waals surface area (Å²) in [4.78, 5) is 9.90. The Morgan fingerprint density at radius 1 is 1.31 bits per heavy atom. The van der Waals surface area contributed by atoms with Crippen LogP contribution in [0.3, 0.4) is 0 Å². The highest BCUT2D eigenvalue weighted by molar-refractivity contribution is 5.85. The number of rotatable bonds is 1. The molecule has 0 spiro atoms. The van der Waals surface area contributed by atoms with Gasteiger partial charge in [0.25, 0.3) is 0 Å². The van der Waals surface area contributed by atoms with Gasteiger partial charge < -0.3 is 0 Å². The van der Waals surface area contributed by atoms with Crippen molar-refractivity contribution in [2.24, 2.45) is 0 Å². The number of pyridine rings is 1. The SMILES string of the molecule is CON1CC=Cc2cc3ccccc3nc21. The first-order valence-electron chi connectivity index (χ1n) is 5.26. The minimum absolute atomic E-state index is 0.745. The van der Waals surface area contributed by atoms with Crippen molar-refractivity contribution in [3.8, 4) is 0 Å². The quantitative estimate of drug-likeness (QED) is 0.726. The number of anilines is 1. The lowest BCUT2D eigenvalue weighted by Crippen LogP contribution is -2.25. The number of hydrogen-bond acceptors (Lipinski definition) is 3. The van der Waals surface area contributed by atoms with Gasteiger partial charge in [-0.05, 0) is 12.1 Å². The van der Waals surface area contributed by atoms with E-state index in [1.807, 2.05) is 18.2 Å². The van der Waals surface area contributed by atoms with Crippen molar-refractivity contribution in [1.82, 2.24) is 4.98 Å². The molecule has 3 rings (SSSR count). The van der Waals surface area contributed by atoms with Crippen molar-refractivity contribution in [2.45, 2.75) is 0 Å². The largest absolute Gasteiger partial charge is 0.275 e. The monoisotopic (exact) mass is 212 g/mol. The van der Waals surface area contributed by atoms with E-state index in [2.05, 4.69) is 29.3 Å². The molecule has 0 radical (unpaired) electrons. The first-order valence-corrected chi connectivity index (χ1v) is 5.26. The number of benzene rings is 1. The number of hydrogen-bond donors (Lipinski definition) is 0. The van der Waals surface area contributed by atoms with Crippen LogP contribution in [0, 0.1) is 0 Å². The van der Waals surface area contributed by atoms with Crippen LogP contribution in [0.2, 0.25) is 0 Å². The van der Waals surface area contributed by atoms with E-state index in [0.29, 0.717) is 0 Å². The van der Waals surface area contributed by atoms with E-state index >= 15 is 0 Å². The zero-order chi connectivity index (χ0) is 11.0. The number of nitrogens with zero attached hydrogens (tertiary/aromatic N) is 2. The van der Waals surface area contributed by atoms with Crippen molar-refractivity contribution in [1.29, 1.82) is 0 Å². The summed E-state index contributed by atoms with van der Waals surface area (Å²) >= 11 is 0. The number of aromatic nitrogens is 1. The summed E-state index contributed by atoms with van der Waals surface area (Å²) in [7, 11) is 1.67. The van der Waals surface area contributed by atoms with E-state index < -0.39 is 0 Å². The molecule has 0 bridgehead atoms. The Balaban J connectivity index is 2.26. The van der Waals surface area contributed by atoms with Crippen LogP contribution in [0.15, 0.2) is 36.4 Å². The number of fused-ring (bicyclic) bond motifs is 2. The predicted molar refractivity (Wildman–Crippen MR) is 65.1 cm³/mol. The Morgan fingerprint density at radius 3 is 3.06 bits per heavy atom. The van der Waals surface area contributed by atoms with Crippen molar-refractivity contribution in [2.75, 3.05) is 18.7 Å². The Morgan fingerprint density at radius 2 is 2.19 bits per heavy atom. The minimum atomic E-state index is 0.745. The molecule has 0 N–H and O–H groups in total. The van der Waals surface area contributed by atoms with Gasteiger partial charge in [0.1, 0.15) is 0 Å². The van der Waals surface area contributed by atoms with E-state index in [1.54, 1.807) is 12.2 Å². The Hall–Kier alpha value is -1.87. The van der Waals surface area contributed by atoms with Crippen LogP contribution in [-0.4, -0.2) is 18.6 Å². The first-order chi connectivity index (χ1) is 7.88. The van der Waals surface area contributed by atoms with Gasteiger partial charge in [-0.2, -0.15) is 0 Å². The lowest BCUT2D eigenvalue weighted by atomic mass is 10.1. The van der Waals surface area contributed by atoms with Crippen LogP contribution < -0.4 is 5.06 Å². The number of para-hydroxylation sites is 1. The molecule has 1 aliphatic heterocycles. The molecule has 0 amide bonds. The van der Waals surface area contributed by atoms with Crippen molar-refractivity contribution >= 4 is 22.8 Å². The fraction of sp³-hybridized carbons (Fsp3) is 0.154. The smallest absolute Gasteiger partial charge is 0.160 e. The van der Waals surface area contributed by atoms with Gasteiger partial charge in [0.15, 0.2) is 5.82 Å². The van der Waals surface area contributed by atoms with Crippen LogP contribution in [0.5, 0.6) is 0 Å². The second-order valence-corrected chi connectivity index (χ2v) is 3.74. The molecule has 0 atom stereocenters. The second kappa shape index (κ2) is 3.61. The number of hydroxylamine groups is 1. The fourth-order valence-electron chi connectivity index (χ4n) is 1.97. The maximum atomic E-state index is 5.29. The molecule has 3 heteroatoms. The average Bonchev–Trinajstić information content (AvgIpc) is 2.35. The molecule has 3 nitrogen and oxygen atoms in total. The highest BCUT2D eigenvalue weighted by Gasteiger charge is 2.14. The normalized spacial score (nSPS) is 14.2. The van der Waals surface area contributed by atoms with Crippen molar-refractivity contribution in [3.63, 3.8) is 0 Å². The summed E-state index contributed by atoms with van der Waals surface area (Å²) in [6.07, 6.45) is 4.16. The summed E-state index contributed by atoms with van der Waals surface area (Å²) in [5, 5.41) is 2.95. The third-order valence-electron chi connectivity index (χ3n) is 2.76. The molecule has 2 aromatic rings. The third-order valence-corrected chi connectivity index (χ3v) is 2.76. The third kappa shape index (κ3) is 1.37. The molecule has 0 unspecified atom stereocenters. The topological polar surface area (TPSA) is 25.4 Å². The summed E-state index contributed by atoms with van der Waals surface area (Å²) in [5.41, 5.74) is 2.10. The van der Waals surface area contributed by atoms with Gasteiger partial charge in [-0.3, -0.25) is 4.84 Å². The van der Waals surface area contributed by atoms with Gasteiger partial charge in [-0.25, -0.2) is 10.0 Å². The van der Waals surface area contributed by atoms with Gasteiger partial charge in [0.2, 0.25) is 0 Å². The zero-order valence-corrected chi connectivity index (χ0v) is 9.05. The van der Waals surface area contributed by atoms with Gasteiger partial charge in [0, 0.05) is 10.9 Å². The second-order valence-electron chi connectivity index (χ2n) is 3.74. The Kier molecular flexibility index (Phi) is 2.11. The van der Waals surface area contributed by atoms with Crippen LogP contribution in [0.25, 0.3) is 17.0 Å². The molecule has 0 aliphatic carbocycles. The molecule has 0 saturated heterocycles. The van der Waals surface area contributed by atoms with E-state index in [-0.39, 0.29) is 0 Å². The van der Waals surface area contributed by atoms with Crippen LogP contribution in [0.4, 0.5) is 5.82 Å². The molecule has 0 saturated carbocycles. The first kappa shape index (κ1) is 9.36. The standard InChI is InChI=1S/C13H12N2O/c1-16-15-8-4-6-11-9-10-5-2-3-7-12(10)14-13(11)15/h2-7,9H,8H2,1H3. The zero-order valence-electron chi connectivity index (χ0n) is 9.05. The summed E-state index contributed by atoms with van der Waals surface area (Å²) in [6, 6.07) is 10.2. The summed E-state index contributed by atoms with van der Waals surface area (Å²) in [6.45, 7) is 0.745. The highest BCUT2D eigenvalue weighted by Crippen LogP contribution is 2.27. The molecular formula is C13H12N2O. The Bertz CT molecular complexity index is 563. The Labute approximate surface area is 93.9 Å². The van der Waals surface area contributed by atoms with Gasteiger partial charge in [0.05, 0.1) is 19.2 Å². The summed E-state index contributed by atoms with van der Waals surface area (Å²) in [5.74, 6) is 0.892.